The Kier molecular flexibility index (Phi) is 3.53. The van der Waals surface area contributed by atoms with Crippen LogP contribution >= 0.6 is 11.3 Å². The molecule has 1 amide bonds. The van der Waals surface area contributed by atoms with E-state index in [1.54, 1.807) is 23.5 Å². The molecule has 26 heavy (non-hydrogen) atoms. The zero-order valence-corrected chi connectivity index (χ0v) is 14.7. The van der Waals surface area contributed by atoms with Gasteiger partial charge in [-0.25, -0.2) is 9.37 Å². The number of nitrogens with one attached hydrogen (secondary N) is 1. The Hall–Kier alpha value is -2.73. The Bertz CT molecular complexity index is 1100. The minimum atomic E-state index is -0.302. The highest BCUT2D eigenvalue weighted by Crippen LogP contribution is 2.37. The van der Waals surface area contributed by atoms with E-state index in [4.69, 9.17) is 4.98 Å². The molecule has 0 spiro atoms. The molecule has 1 aliphatic rings. The zero-order valence-electron chi connectivity index (χ0n) is 13.9. The molecule has 130 valence electrons. The highest BCUT2D eigenvalue weighted by atomic mass is 32.1. The van der Waals surface area contributed by atoms with Crippen LogP contribution < -0.4 is 0 Å². The highest BCUT2D eigenvalue weighted by Gasteiger charge is 2.33. The van der Waals surface area contributed by atoms with Crippen molar-refractivity contribution in [3.05, 3.63) is 65.0 Å². The number of nitrogens with zero attached hydrogens (tertiary/aromatic N) is 2. The van der Waals surface area contributed by atoms with Gasteiger partial charge >= 0.3 is 0 Å². The number of carbonyl (C=O) groups excluding carboxylic acids is 1. The van der Waals surface area contributed by atoms with Crippen LogP contribution in [0.3, 0.4) is 0 Å². The van der Waals surface area contributed by atoms with Crippen LogP contribution in [-0.4, -0.2) is 27.3 Å². The predicted molar refractivity (Wildman–Crippen MR) is 101 cm³/mol. The van der Waals surface area contributed by atoms with Crippen molar-refractivity contribution < 1.29 is 9.18 Å². The second-order valence-corrected chi connectivity index (χ2v) is 7.65. The van der Waals surface area contributed by atoms with E-state index < -0.39 is 0 Å². The van der Waals surface area contributed by atoms with Gasteiger partial charge in [0.1, 0.15) is 16.5 Å². The van der Waals surface area contributed by atoms with Gasteiger partial charge in [-0.1, -0.05) is 12.1 Å². The van der Waals surface area contributed by atoms with Crippen LogP contribution in [0.2, 0.25) is 0 Å². The molecule has 1 unspecified atom stereocenters. The number of thiazole rings is 1. The van der Waals surface area contributed by atoms with Crippen molar-refractivity contribution in [2.45, 2.75) is 18.9 Å². The number of amides is 1. The molecule has 4 nitrogen and oxygen atoms in total. The number of para-hydroxylation sites is 1. The second-order valence-electron chi connectivity index (χ2n) is 6.59. The van der Waals surface area contributed by atoms with Gasteiger partial charge < -0.3 is 9.88 Å². The average Bonchev–Trinajstić information content (AvgIpc) is 3.36. The molecule has 1 atom stereocenters. The first kappa shape index (κ1) is 15.5. The number of halogens is 1. The van der Waals surface area contributed by atoms with E-state index in [0.29, 0.717) is 17.6 Å². The largest absolute Gasteiger partial charge is 0.351 e. The molecule has 4 aromatic rings. The van der Waals surface area contributed by atoms with Crippen LogP contribution in [0.4, 0.5) is 4.39 Å². The molecule has 2 aromatic heterocycles. The summed E-state index contributed by atoms with van der Waals surface area (Å²) >= 11 is 1.65. The number of aromatic amines is 1. The van der Waals surface area contributed by atoms with Gasteiger partial charge in [0.2, 0.25) is 0 Å². The molecule has 6 heteroatoms. The van der Waals surface area contributed by atoms with Crippen LogP contribution in [0.15, 0.2) is 48.5 Å². The summed E-state index contributed by atoms with van der Waals surface area (Å²) in [4.78, 5) is 22.8. The van der Waals surface area contributed by atoms with Crippen molar-refractivity contribution in [2.75, 3.05) is 6.54 Å². The minimum Gasteiger partial charge on any atom is -0.351 e. The first-order valence-corrected chi connectivity index (χ1v) is 9.45. The summed E-state index contributed by atoms with van der Waals surface area (Å²) in [7, 11) is 0. The van der Waals surface area contributed by atoms with Crippen LogP contribution in [0.25, 0.3) is 21.1 Å². The van der Waals surface area contributed by atoms with Crippen molar-refractivity contribution in [1.29, 1.82) is 0 Å². The third kappa shape index (κ3) is 2.49. The number of hydrogen-bond acceptors (Lipinski definition) is 3. The molecule has 0 saturated carbocycles. The monoisotopic (exact) mass is 365 g/mol. The maximum Gasteiger partial charge on any atom is 0.270 e. The quantitative estimate of drug-likeness (QED) is 0.550. The molecule has 1 aliphatic heterocycles. The molecule has 1 saturated heterocycles. The van der Waals surface area contributed by atoms with Gasteiger partial charge in [0.05, 0.1) is 16.3 Å². The Morgan fingerprint density at radius 2 is 2.12 bits per heavy atom. The van der Waals surface area contributed by atoms with E-state index in [1.165, 1.54) is 12.1 Å². The molecular formula is C20H16FN3OS. The lowest BCUT2D eigenvalue weighted by Gasteiger charge is -2.22. The number of H-pyrrole nitrogens is 1. The highest BCUT2D eigenvalue weighted by molar-refractivity contribution is 7.18. The number of likely N-dealkylation sites (tertiary alicyclic amines) is 1. The molecule has 0 radical (unpaired) electrons. The Morgan fingerprint density at radius 1 is 1.23 bits per heavy atom. The number of carbonyl (C=O) groups is 1. The summed E-state index contributed by atoms with van der Waals surface area (Å²) in [6, 6.07) is 14.3. The zero-order chi connectivity index (χ0) is 17.7. The van der Waals surface area contributed by atoms with E-state index >= 15 is 0 Å². The maximum atomic E-state index is 13.4. The molecule has 1 fully saturated rings. The van der Waals surface area contributed by atoms with Gasteiger partial charge in [0, 0.05) is 17.4 Å². The maximum absolute atomic E-state index is 13.4. The van der Waals surface area contributed by atoms with E-state index in [2.05, 4.69) is 11.1 Å². The topological polar surface area (TPSA) is 49.0 Å². The second kappa shape index (κ2) is 5.92. The van der Waals surface area contributed by atoms with E-state index in [9.17, 15) is 9.18 Å². The third-order valence-corrected chi connectivity index (χ3v) is 6.06. The summed E-state index contributed by atoms with van der Waals surface area (Å²) in [5.41, 5.74) is 2.25. The Morgan fingerprint density at radius 3 is 3.00 bits per heavy atom. The Labute approximate surface area is 153 Å². The standard InChI is InChI=1S/C20H16FN3OS/c21-13-7-8-14-12(10-13)11-16(22-14)20(25)24-9-3-5-17(24)19-23-15-4-1-2-6-18(15)26-19/h1-2,4,6-8,10-11,17,22H,3,5,9H2. The smallest absolute Gasteiger partial charge is 0.270 e. The van der Waals surface area contributed by atoms with E-state index in [0.717, 1.165) is 33.6 Å². The average molecular weight is 365 g/mol. The fourth-order valence-corrected chi connectivity index (χ4v) is 4.79. The number of benzene rings is 2. The van der Waals surface area contributed by atoms with E-state index in [-0.39, 0.29) is 17.8 Å². The summed E-state index contributed by atoms with van der Waals surface area (Å²) < 4.78 is 14.6. The lowest BCUT2D eigenvalue weighted by Crippen LogP contribution is -2.30. The van der Waals surface area contributed by atoms with Crippen molar-refractivity contribution in [1.82, 2.24) is 14.9 Å². The lowest BCUT2D eigenvalue weighted by molar-refractivity contribution is 0.0730. The van der Waals surface area contributed by atoms with Crippen molar-refractivity contribution in [3.63, 3.8) is 0 Å². The number of hydrogen-bond donors (Lipinski definition) is 1. The number of rotatable bonds is 2. The normalized spacial score (nSPS) is 17.4. The summed E-state index contributed by atoms with van der Waals surface area (Å²) in [6.07, 6.45) is 1.88. The summed E-state index contributed by atoms with van der Waals surface area (Å²) in [6.45, 7) is 0.711. The SMILES string of the molecule is O=C(c1cc2cc(F)ccc2[nH]1)N1CCCC1c1nc2ccccc2s1. The first-order valence-electron chi connectivity index (χ1n) is 8.64. The number of aromatic nitrogens is 2. The molecule has 1 N–H and O–H groups in total. The van der Waals surface area contributed by atoms with Crippen molar-refractivity contribution in [3.8, 4) is 0 Å². The van der Waals surface area contributed by atoms with E-state index in [1.807, 2.05) is 23.1 Å². The van der Waals surface area contributed by atoms with Gasteiger partial charge in [-0.3, -0.25) is 4.79 Å². The molecule has 0 aliphatic carbocycles. The van der Waals surface area contributed by atoms with Crippen LogP contribution in [-0.2, 0) is 0 Å². The minimum absolute atomic E-state index is 0.00282. The van der Waals surface area contributed by atoms with Gasteiger partial charge in [-0.05, 0) is 49.2 Å². The fourth-order valence-electron chi connectivity index (χ4n) is 3.67. The van der Waals surface area contributed by atoms with Gasteiger partial charge in [0.15, 0.2) is 0 Å². The Balaban J connectivity index is 1.49. The van der Waals surface area contributed by atoms with Gasteiger partial charge in [0.25, 0.3) is 5.91 Å². The number of fused-ring (bicyclic) bond motifs is 2. The molecule has 3 heterocycles. The van der Waals surface area contributed by atoms with Crippen LogP contribution in [0.1, 0.15) is 34.4 Å². The van der Waals surface area contributed by atoms with Crippen molar-refractivity contribution in [2.24, 2.45) is 0 Å². The lowest BCUT2D eigenvalue weighted by atomic mass is 10.2. The van der Waals surface area contributed by atoms with Gasteiger partial charge in [-0.2, -0.15) is 0 Å². The fraction of sp³-hybridized carbons (Fsp3) is 0.200. The van der Waals surface area contributed by atoms with Crippen LogP contribution in [0.5, 0.6) is 0 Å². The van der Waals surface area contributed by atoms with Gasteiger partial charge in [-0.15, -0.1) is 11.3 Å². The summed E-state index contributed by atoms with van der Waals surface area (Å²) in [5.74, 6) is -0.354. The third-order valence-electron chi connectivity index (χ3n) is 4.92. The van der Waals surface area contributed by atoms with Crippen LogP contribution in [0, 0.1) is 5.82 Å². The van der Waals surface area contributed by atoms with Crippen molar-refractivity contribution >= 4 is 38.4 Å². The molecular weight excluding hydrogens is 349 g/mol. The molecule has 0 bridgehead atoms. The summed E-state index contributed by atoms with van der Waals surface area (Å²) in [5, 5.41) is 1.70. The molecule has 5 rings (SSSR count). The first-order chi connectivity index (χ1) is 12.7. The predicted octanol–water partition coefficient (Wildman–Crippen LogP) is 4.89. The molecule has 2 aromatic carbocycles.